The fourth-order valence-electron chi connectivity index (χ4n) is 0.379. The third kappa shape index (κ3) is 0.661. The Bertz CT molecular complexity index is 81.7. The van der Waals surface area contributed by atoms with Crippen LogP contribution in [-0.4, -0.2) is 19.1 Å². The van der Waals surface area contributed by atoms with Gasteiger partial charge in [0, 0.05) is 0 Å². The Hall–Kier alpha value is -0.620. The zero-order valence-corrected chi connectivity index (χ0v) is 3.52. The molecule has 0 aromatic carbocycles. The van der Waals surface area contributed by atoms with Gasteiger partial charge in [-0.1, -0.05) is 0 Å². The van der Waals surface area contributed by atoms with Crippen molar-refractivity contribution in [2.24, 2.45) is 9.98 Å². The van der Waals surface area contributed by atoms with Gasteiger partial charge in [-0.2, -0.15) is 0 Å². The molecule has 0 amide bonds. The third-order valence-corrected chi connectivity index (χ3v) is 0.681. The second kappa shape index (κ2) is 1.73. The lowest BCUT2D eigenvalue weighted by atomic mass is 10.4. The number of nitrogens with zero attached hydrogens (tertiary/aromatic N) is 2. The lowest BCUT2D eigenvalue weighted by molar-refractivity contribution is 0.827. The van der Waals surface area contributed by atoms with Crippen LogP contribution in [0.25, 0.3) is 0 Å². The molecule has 1 rings (SSSR count). The summed E-state index contributed by atoms with van der Waals surface area (Å²) in [7, 11) is 0. The average Bonchev–Trinajstić information content (AvgIpc) is 1.72. The van der Waals surface area contributed by atoms with Gasteiger partial charge in [0.05, 0.1) is 19.1 Å². The topological polar surface area (TPSA) is 24.7 Å². The molecule has 0 saturated carbocycles. The van der Waals surface area contributed by atoms with Gasteiger partial charge in [-0.05, 0) is 6.42 Å². The fraction of sp³-hybridized carbons (Fsp3) is 0.750. The number of hydrogen-bond donors (Lipinski definition) is 0. The van der Waals surface area contributed by atoms with Gasteiger partial charge in [0.1, 0.15) is 0 Å². The number of rotatable bonds is 0. The van der Waals surface area contributed by atoms with E-state index < -0.39 is 0 Å². The second-order valence-electron chi connectivity index (χ2n) is 1.22. The van der Waals surface area contributed by atoms with Crippen molar-refractivity contribution >= 4 is 6.01 Å². The quantitative estimate of drug-likeness (QED) is 0.408. The lowest BCUT2D eigenvalue weighted by Gasteiger charge is -1.88. The molecule has 0 aromatic rings. The number of aliphatic imine (C=N–C) groups is 2. The van der Waals surface area contributed by atoms with E-state index in [9.17, 15) is 0 Å². The van der Waals surface area contributed by atoms with E-state index in [4.69, 9.17) is 0 Å². The van der Waals surface area contributed by atoms with Crippen molar-refractivity contribution in [1.29, 1.82) is 0 Å². The number of hydrogen-bond acceptors (Lipinski definition) is 2. The zero-order chi connectivity index (χ0) is 4.24. The van der Waals surface area contributed by atoms with Gasteiger partial charge in [0.25, 0.3) is 0 Å². The molecule has 0 atom stereocenters. The molecule has 0 fully saturated rings. The van der Waals surface area contributed by atoms with Gasteiger partial charge in [-0.25, -0.2) is 9.98 Å². The molecule has 0 aliphatic carbocycles. The van der Waals surface area contributed by atoms with E-state index in [1.165, 1.54) is 0 Å². The normalized spacial score (nSPS) is 18.7. The molecule has 0 unspecified atom stereocenters. The minimum Gasteiger partial charge on any atom is -0.226 e. The van der Waals surface area contributed by atoms with E-state index in [2.05, 4.69) is 16.0 Å². The van der Waals surface area contributed by atoms with Crippen LogP contribution >= 0.6 is 0 Å². The molecule has 0 bridgehead atoms. The molecule has 1 aliphatic heterocycles. The van der Waals surface area contributed by atoms with Crippen LogP contribution in [-0.2, 0) is 0 Å². The van der Waals surface area contributed by atoms with Crippen LogP contribution in [0.1, 0.15) is 6.42 Å². The van der Waals surface area contributed by atoms with Crippen molar-refractivity contribution in [3.63, 3.8) is 0 Å². The maximum atomic E-state index is 3.76. The summed E-state index contributed by atoms with van der Waals surface area (Å²) in [5.74, 6) is 0. The van der Waals surface area contributed by atoms with E-state index >= 15 is 0 Å². The van der Waals surface area contributed by atoms with Gasteiger partial charge in [0.15, 0.2) is 0 Å². The SMILES string of the molecule is C1=NCCCN=1. The van der Waals surface area contributed by atoms with E-state index in [1.807, 2.05) is 0 Å². The first-order valence-corrected chi connectivity index (χ1v) is 2.08. The molecule has 2 heteroatoms. The Kier molecular flexibility index (Phi) is 1.03. The highest BCUT2D eigenvalue weighted by molar-refractivity contribution is 5.41. The predicted octanol–water partition coefficient (Wildman–Crippen LogP) is 0.564. The molecule has 32 valence electrons. The monoisotopic (exact) mass is 82.1 g/mol. The smallest absolute Gasteiger partial charge is 0.0892 e. The van der Waals surface area contributed by atoms with E-state index in [0.29, 0.717) is 0 Å². The molecule has 0 spiro atoms. The Balaban J connectivity index is 2.53. The van der Waals surface area contributed by atoms with Crippen LogP contribution in [0, 0.1) is 0 Å². The van der Waals surface area contributed by atoms with Crippen molar-refractivity contribution in [2.45, 2.75) is 6.42 Å². The summed E-state index contributed by atoms with van der Waals surface area (Å²) in [6.07, 6.45) is 1.10. The summed E-state index contributed by atoms with van der Waals surface area (Å²) < 4.78 is 0. The maximum absolute atomic E-state index is 3.76. The molecular weight excluding hydrogens is 76.1 g/mol. The summed E-state index contributed by atoms with van der Waals surface area (Å²) in [6.45, 7) is 1.84. The van der Waals surface area contributed by atoms with Crippen molar-refractivity contribution in [3.8, 4) is 0 Å². The second-order valence-corrected chi connectivity index (χ2v) is 1.22. The first-order chi connectivity index (χ1) is 3.00. The van der Waals surface area contributed by atoms with E-state index in [-0.39, 0.29) is 0 Å². The van der Waals surface area contributed by atoms with Gasteiger partial charge in [0.2, 0.25) is 0 Å². The van der Waals surface area contributed by atoms with Crippen LogP contribution in [0.3, 0.4) is 0 Å². The molecule has 1 aliphatic rings. The molecule has 0 radical (unpaired) electrons. The Morgan fingerprint density at radius 1 is 1.17 bits per heavy atom. The molecular formula is C4H6N2. The van der Waals surface area contributed by atoms with Crippen LogP contribution in [0.2, 0.25) is 0 Å². The third-order valence-electron chi connectivity index (χ3n) is 0.681. The Labute approximate surface area is 36.6 Å². The summed E-state index contributed by atoms with van der Waals surface area (Å²) in [5, 5.41) is 0. The summed E-state index contributed by atoms with van der Waals surface area (Å²) in [4.78, 5) is 7.52. The highest BCUT2D eigenvalue weighted by Crippen LogP contribution is 1.84. The van der Waals surface area contributed by atoms with Gasteiger partial charge in [-0.15, -0.1) is 0 Å². The molecule has 2 nitrogen and oxygen atoms in total. The largest absolute Gasteiger partial charge is 0.226 e. The minimum atomic E-state index is 0.920. The molecule has 0 N–H and O–H groups in total. The maximum Gasteiger partial charge on any atom is 0.0892 e. The summed E-state index contributed by atoms with van der Waals surface area (Å²) in [5.41, 5.74) is 0. The van der Waals surface area contributed by atoms with Crippen molar-refractivity contribution < 1.29 is 0 Å². The van der Waals surface area contributed by atoms with Crippen LogP contribution in [0.4, 0.5) is 0 Å². The van der Waals surface area contributed by atoms with Gasteiger partial charge in [-0.3, -0.25) is 0 Å². The highest BCUT2D eigenvalue weighted by atomic mass is 14.8. The van der Waals surface area contributed by atoms with E-state index in [0.717, 1.165) is 19.5 Å². The van der Waals surface area contributed by atoms with E-state index in [1.54, 1.807) is 0 Å². The predicted molar refractivity (Wildman–Crippen MR) is 24.2 cm³/mol. The highest BCUT2D eigenvalue weighted by Gasteiger charge is 1.82. The van der Waals surface area contributed by atoms with Crippen molar-refractivity contribution in [1.82, 2.24) is 0 Å². The first-order valence-electron chi connectivity index (χ1n) is 2.08. The average molecular weight is 82.1 g/mol. The summed E-state index contributed by atoms with van der Waals surface area (Å²) in [6, 6.07) is 2.53. The first kappa shape index (κ1) is 3.57. The van der Waals surface area contributed by atoms with Crippen molar-refractivity contribution in [2.75, 3.05) is 13.1 Å². The zero-order valence-electron chi connectivity index (χ0n) is 3.52. The van der Waals surface area contributed by atoms with Gasteiger partial charge >= 0.3 is 0 Å². The standard InChI is InChI=1S/C4H6N2/c1-2-5-4-6-3-1/h1-3H2. The lowest BCUT2D eigenvalue weighted by Crippen LogP contribution is -1.88. The minimum absolute atomic E-state index is 0.920. The van der Waals surface area contributed by atoms with Crippen molar-refractivity contribution in [3.05, 3.63) is 0 Å². The van der Waals surface area contributed by atoms with Crippen LogP contribution < -0.4 is 0 Å². The fourth-order valence-corrected chi connectivity index (χ4v) is 0.379. The molecule has 0 aromatic heterocycles. The Morgan fingerprint density at radius 3 is 2.00 bits per heavy atom. The molecule has 1 heterocycles. The van der Waals surface area contributed by atoms with Crippen LogP contribution in [0.15, 0.2) is 9.98 Å². The Morgan fingerprint density at radius 2 is 1.83 bits per heavy atom. The van der Waals surface area contributed by atoms with Gasteiger partial charge < -0.3 is 0 Å². The molecule has 6 heavy (non-hydrogen) atoms. The summed E-state index contributed by atoms with van der Waals surface area (Å²) >= 11 is 0. The molecule has 0 saturated heterocycles. The van der Waals surface area contributed by atoms with Crippen LogP contribution in [0.5, 0.6) is 0 Å².